The van der Waals surface area contributed by atoms with Crippen molar-refractivity contribution in [2.75, 3.05) is 14.7 Å². The fraction of sp³-hybridized carbons (Fsp3) is 0.0182. The molecule has 9 rings (SSSR count). The predicted molar refractivity (Wildman–Crippen MR) is 256 cm³/mol. The van der Waals surface area contributed by atoms with Gasteiger partial charge in [-0.3, -0.25) is 0 Å². The number of thiophene rings is 1. The third-order valence-electron chi connectivity index (χ3n) is 10.5. The first-order valence-electron chi connectivity index (χ1n) is 19.9. The Labute approximate surface area is 351 Å². The van der Waals surface area contributed by atoms with Crippen molar-refractivity contribution < 1.29 is 0 Å². The molecule has 8 aromatic carbocycles. The summed E-state index contributed by atoms with van der Waals surface area (Å²) in [6.45, 7) is 6.34. The monoisotopic (exact) mass is 777 g/mol. The molecule has 0 radical (unpaired) electrons. The number of fused-ring (bicyclic) bond motifs is 1. The molecule has 0 bridgehead atoms. The zero-order valence-electron chi connectivity index (χ0n) is 32.9. The van der Waals surface area contributed by atoms with Crippen molar-refractivity contribution in [2.45, 2.75) is 6.92 Å². The molecular weight excluding hydrogens is 735 g/mol. The van der Waals surface area contributed by atoms with E-state index in [0.29, 0.717) is 0 Å². The minimum Gasteiger partial charge on any atom is -0.311 e. The highest BCUT2D eigenvalue weighted by Gasteiger charge is 2.23. The van der Waals surface area contributed by atoms with Crippen LogP contribution in [0.1, 0.15) is 17.4 Å². The molecular formula is C55H43N3S. The van der Waals surface area contributed by atoms with Crippen molar-refractivity contribution in [2.24, 2.45) is 0 Å². The summed E-state index contributed by atoms with van der Waals surface area (Å²) in [5.74, 6) is 0. The van der Waals surface area contributed by atoms with E-state index >= 15 is 0 Å². The van der Waals surface area contributed by atoms with Gasteiger partial charge in [-0.15, -0.1) is 11.3 Å². The number of para-hydroxylation sites is 5. The first kappa shape index (κ1) is 37.2. The van der Waals surface area contributed by atoms with Crippen LogP contribution < -0.4 is 14.7 Å². The number of anilines is 9. The lowest BCUT2D eigenvalue weighted by atomic mass is 9.99. The molecule has 0 aliphatic rings. The van der Waals surface area contributed by atoms with Crippen LogP contribution in [-0.4, -0.2) is 0 Å². The summed E-state index contributed by atoms with van der Waals surface area (Å²) >= 11 is 1.79. The summed E-state index contributed by atoms with van der Waals surface area (Å²) in [5, 5.41) is 1.19. The Bertz CT molecular complexity index is 2750. The predicted octanol–water partition coefficient (Wildman–Crippen LogP) is 16.7. The van der Waals surface area contributed by atoms with Crippen molar-refractivity contribution in [1.82, 2.24) is 0 Å². The van der Waals surface area contributed by atoms with Crippen LogP contribution in [0.5, 0.6) is 0 Å². The number of hydrogen-bond acceptors (Lipinski definition) is 4. The van der Waals surface area contributed by atoms with Crippen molar-refractivity contribution in [3.05, 3.63) is 235 Å². The molecule has 0 aliphatic heterocycles. The Morgan fingerprint density at radius 3 is 1.27 bits per heavy atom. The van der Waals surface area contributed by atoms with Crippen LogP contribution in [0.2, 0.25) is 0 Å². The Balaban J connectivity index is 1.23. The average molecular weight is 778 g/mol. The average Bonchev–Trinajstić information content (AvgIpc) is 3.66. The van der Waals surface area contributed by atoms with Gasteiger partial charge >= 0.3 is 0 Å². The molecule has 4 heteroatoms. The van der Waals surface area contributed by atoms with Crippen LogP contribution in [-0.2, 0) is 0 Å². The molecule has 0 N–H and O–H groups in total. The Morgan fingerprint density at radius 2 is 0.814 bits per heavy atom. The lowest BCUT2D eigenvalue weighted by Crippen LogP contribution is -2.13. The number of allylic oxidation sites excluding steroid dienone is 1. The van der Waals surface area contributed by atoms with Gasteiger partial charge in [0.15, 0.2) is 0 Å². The Morgan fingerprint density at radius 1 is 0.407 bits per heavy atom. The summed E-state index contributed by atoms with van der Waals surface area (Å²) in [6, 6.07) is 75.5. The zero-order chi connectivity index (χ0) is 40.0. The van der Waals surface area contributed by atoms with E-state index in [-0.39, 0.29) is 0 Å². The first-order valence-corrected chi connectivity index (χ1v) is 20.7. The largest absolute Gasteiger partial charge is 0.311 e. The van der Waals surface area contributed by atoms with Crippen molar-refractivity contribution in [3.63, 3.8) is 0 Å². The van der Waals surface area contributed by atoms with Gasteiger partial charge in [0.25, 0.3) is 0 Å². The van der Waals surface area contributed by atoms with E-state index in [1.54, 1.807) is 11.3 Å². The van der Waals surface area contributed by atoms with Crippen LogP contribution in [0.15, 0.2) is 225 Å². The Hall–Kier alpha value is -7.40. The number of nitrogens with zero attached hydrogens (tertiary/aromatic N) is 3. The molecule has 0 unspecified atom stereocenters. The molecule has 0 saturated carbocycles. The summed E-state index contributed by atoms with van der Waals surface area (Å²) in [6.07, 6.45) is 6.34. The molecule has 3 nitrogen and oxygen atoms in total. The molecule has 0 atom stereocenters. The topological polar surface area (TPSA) is 9.72 Å². The van der Waals surface area contributed by atoms with E-state index in [4.69, 9.17) is 0 Å². The van der Waals surface area contributed by atoms with Gasteiger partial charge < -0.3 is 14.7 Å². The van der Waals surface area contributed by atoms with Gasteiger partial charge in [0.1, 0.15) is 0 Å². The van der Waals surface area contributed by atoms with Crippen LogP contribution in [0.4, 0.5) is 51.2 Å². The second-order valence-electron chi connectivity index (χ2n) is 14.2. The lowest BCUT2D eigenvalue weighted by Gasteiger charge is -2.30. The highest BCUT2D eigenvalue weighted by atomic mass is 32.1. The summed E-state index contributed by atoms with van der Waals surface area (Å²) in [4.78, 5) is 8.18. The van der Waals surface area contributed by atoms with Crippen LogP contribution in [0.25, 0.3) is 33.4 Å². The van der Waals surface area contributed by atoms with Gasteiger partial charge in [0, 0.05) is 66.0 Å². The van der Waals surface area contributed by atoms with E-state index in [1.165, 1.54) is 15.6 Å². The molecule has 1 heterocycles. The highest BCUT2D eigenvalue weighted by Crippen LogP contribution is 2.48. The van der Waals surface area contributed by atoms with E-state index in [2.05, 4.69) is 253 Å². The minimum atomic E-state index is 1.05. The van der Waals surface area contributed by atoms with E-state index in [9.17, 15) is 0 Å². The number of benzene rings is 8. The standard InChI is InChI=1S/C55H43N3S/c1-3-21-51-53(4-2)59-54-39-42(41-34-36-48(37-35-41)56(43-22-10-5-11-23-43)44-24-12-6-13-25-44)38-52(55(51)54)58(47-30-18-9-19-31-47)50-33-20-32-49(40-50)57(45-26-14-7-15-27-45)46-28-16-8-17-29-46/h3-40H,2H2,1H3/b21-3-. The van der Waals surface area contributed by atoms with Crippen LogP contribution >= 0.6 is 11.3 Å². The second kappa shape index (κ2) is 17.0. The normalized spacial score (nSPS) is 11.1. The highest BCUT2D eigenvalue weighted by molar-refractivity contribution is 7.20. The van der Waals surface area contributed by atoms with Gasteiger partial charge in [-0.2, -0.15) is 0 Å². The van der Waals surface area contributed by atoms with Crippen LogP contribution in [0, 0.1) is 0 Å². The number of rotatable bonds is 12. The quantitative estimate of drug-likeness (QED) is 0.122. The van der Waals surface area contributed by atoms with Crippen LogP contribution in [0.3, 0.4) is 0 Å². The molecule has 9 aromatic rings. The number of hydrogen-bond donors (Lipinski definition) is 0. The summed E-state index contributed by atoms with van der Waals surface area (Å²) in [7, 11) is 0. The molecule has 284 valence electrons. The fourth-order valence-electron chi connectivity index (χ4n) is 7.86. The van der Waals surface area contributed by atoms with E-state index < -0.39 is 0 Å². The molecule has 0 aliphatic carbocycles. The third kappa shape index (κ3) is 7.58. The smallest absolute Gasteiger partial charge is 0.0560 e. The molecule has 0 fully saturated rings. The summed E-state index contributed by atoms with van der Waals surface area (Å²) < 4.78 is 1.20. The SMILES string of the molecule is C=Cc1sc2cc(-c3ccc(N(c4ccccc4)c4ccccc4)cc3)cc(N(c3ccccc3)c3cccc(N(c4ccccc4)c4ccccc4)c3)c2c1/C=C\C. The van der Waals surface area contributed by atoms with E-state index in [1.807, 2.05) is 6.08 Å². The van der Waals surface area contributed by atoms with Crippen molar-refractivity contribution in [3.8, 4) is 11.1 Å². The van der Waals surface area contributed by atoms with Gasteiger partial charge in [0.05, 0.1) is 5.69 Å². The van der Waals surface area contributed by atoms with Crippen molar-refractivity contribution >= 4 is 84.8 Å². The Kier molecular flexibility index (Phi) is 10.7. The molecule has 1 aromatic heterocycles. The maximum Gasteiger partial charge on any atom is 0.0560 e. The first-order chi connectivity index (χ1) is 29.2. The zero-order valence-corrected chi connectivity index (χ0v) is 33.7. The second-order valence-corrected chi connectivity index (χ2v) is 15.3. The summed E-state index contributed by atoms with van der Waals surface area (Å²) in [5.41, 5.74) is 13.3. The minimum absolute atomic E-state index is 1.05. The van der Waals surface area contributed by atoms with Crippen molar-refractivity contribution in [1.29, 1.82) is 0 Å². The van der Waals surface area contributed by atoms with Gasteiger partial charge in [0.2, 0.25) is 0 Å². The maximum absolute atomic E-state index is 4.26. The lowest BCUT2D eigenvalue weighted by molar-refractivity contribution is 1.25. The van der Waals surface area contributed by atoms with E-state index in [0.717, 1.165) is 67.2 Å². The van der Waals surface area contributed by atoms with Gasteiger partial charge in [-0.1, -0.05) is 134 Å². The van der Waals surface area contributed by atoms with Gasteiger partial charge in [-0.05, 0) is 121 Å². The fourth-order valence-corrected chi connectivity index (χ4v) is 8.96. The third-order valence-corrected chi connectivity index (χ3v) is 11.6. The molecule has 0 spiro atoms. The van der Waals surface area contributed by atoms with Gasteiger partial charge in [-0.25, -0.2) is 0 Å². The molecule has 59 heavy (non-hydrogen) atoms. The maximum atomic E-state index is 4.26. The molecule has 0 saturated heterocycles. The molecule has 0 amide bonds.